The van der Waals surface area contributed by atoms with Gasteiger partial charge in [0.05, 0.1) is 40.2 Å². The summed E-state index contributed by atoms with van der Waals surface area (Å²) < 4.78 is 12.2. The molecular weight excluding hydrogens is 752 g/mol. The molecule has 0 bridgehead atoms. The molecule has 0 spiro atoms. The number of fused-ring (bicyclic) bond motifs is 1. The van der Waals surface area contributed by atoms with E-state index < -0.39 is 29.7 Å². The number of rotatable bonds is 11. The van der Waals surface area contributed by atoms with Gasteiger partial charge in [-0.1, -0.05) is 11.6 Å². The molecule has 3 aromatic rings. The fraction of sp³-hybridized carbons (Fsp3) is 0.463. The second-order valence-electron chi connectivity index (χ2n) is 15.5. The van der Waals surface area contributed by atoms with Crippen molar-refractivity contribution < 1.29 is 33.4 Å². The van der Waals surface area contributed by atoms with Crippen molar-refractivity contribution in [1.29, 1.82) is 5.26 Å². The van der Waals surface area contributed by atoms with Crippen LogP contribution >= 0.6 is 11.6 Å². The van der Waals surface area contributed by atoms with Gasteiger partial charge in [-0.15, -0.1) is 0 Å². The molecule has 5 amide bonds. The zero-order valence-corrected chi connectivity index (χ0v) is 32.0. The van der Waals surface area contributed by atoms with Gasteiger partial charge in [-0.05, 0) is 101 Å². The van der Waals surface area contributed by atoms with Crippen LogP contribution in [-0.4, -0.2) is 94.4 Å². The Balaban J connectivity index is 0.721. The Bertz CT molecular complexity index is 2100. The first-order valence-corrected chi connectivity index (χ1v) is 20.0. The van der Waals surface area contributed by atoms with Gasteiger partial charge < -0.3 is 25.0 Å². The first kappa shape index (κ1) is 38.3. The number of aromatic nitrogens is 2. The summed E-state index contributed by atoms with van der Waals surface area (Å²) in [5.74, 6) is 0.0666. The van der Waals surface area contributed by atoms with E-state index in [9.17, 15) is 24.0 Å². The molecule has 1 atom stereocenters. The summed E-state index contributed by atoms with van der Waals surface area (Å²) in [7, 11) is 0. The molecule has 2 saturated carbocycles. The van der Waals surface area contributed by atoms with Crippen LogP contribution in [0.1, 0.15) is 101 Å². The number of anilines is 1. The normalized spacial score (nSPS) is 24.9. The van der Waals surface area contributed by atoms with Gasteiger partial charge in [-0.3, -0.25) is 34.2 Å². The molecule has 1 aromatic heterocycles. The summed E-state index contributed by atoms with van der Waals surface area (Å²) in [6.07, 6.45) is 10.2. The number of nitrogens with one attached hydrogen (secondary N) is 3. The lowest BCUT2D eigenvalue weighted by Gasteiger charge is -2.38. The maximum absolute atomic E-state index is 13.1. The van der Waals surface area contributed by atoms with Crippen molar-refractivity contribution in [3.05, 3.63) is 76.2 Å². The van der Waals surface area contributed by atoms with Crippen molar-refractivity contribution in [2.24, 2.45) is 5.92 Å². The number of hydrogen-bond acceptors (Lipinski definition) is 12. The molecule has 8 rings (SSSR count). The molecule has 1 unspecified atom stereocenters. The molecule has 57 heavy (non-hydrogen) atoms. The highest BCUT2D eigenvalue weighted by Crippen LogP contribution is 2.33. The van der Waals surface area contributed by atoms with Crippen LogP contribution in [0.3, 0.4) is 0 Å². The molecule has 4 fully saturated rings. The van der Waals surface area contributed by atoms with E-state index in [0.717, 1.165) is 81.7 Å². The Morgan fingerprint density at radius 3 is 2.28 bits per heavy atom. The number of nitriles is 1. The minimum absolute atomic E-state index is 0.0133. The van der Waals surface area contributed by atoms with E-state index in [2.05, 4.69) is 30.8 Å². The predicted octanol–water partition coefficient (Wildman–Crippen LogP) is 3.94. The van der Waals surface area contributed by atoms with E-state index in [1.165, 1.54) is 0 Å². The number of amides is 5. The van der Waals surface area contributed by atoms with Gasteiger partial charge >= 0.3 is 0 Å². The molecule has 16 heteroatoms. The maximum atomic E-state index is 13.1. The minimum atomic E-state index is -1.00. The van der Waals surface area contributed by atoms with E-state index >= 15 is 0 Å². The van der Waals surface area contributed by atoms with Crippen LogP contribution in [0.25, 0.3) is 0 Å². The van der Waals surface area contributed by atoms with Gasteiger partial charge in [0.15, 0.2) is 0 Å². The molecule has 2 aromatic carbocycles. The third-order valence-corrected chi connectivity index (χ3v) is 12.0. The number of ether oxygens (including phenoxy) is 2. The number of halogens is 1. The third-order valence-electron chi connectivity index (χ3n) is 11.7. The van der Waals surface area contributed by atoms with Gasteiger partial charge in [0.25, 0.3) is 17.7 Å². The molecule has 4 heterocycles. The van der Waals surface area contributed by atoms with Crippen LogP contribution in [0.4, 0.5) is 5.82 Å². The third kappa shape index (κ3) is 8.43. The lowest BCUT2D eigenvalue weighted by atomic mass is 9.88. The lowest BCUT2D eigenvalue weighted by molar-refractivity contribution is -0.136. The summed E-state index contributed by atoms with van der Waals surface area (Å²) in [4.78, 5) is 75.2. The zero-order chi connectivity index (χ0) is 39.6. The highest BCUT2D eigenvalue weighted by atomic mass is 35.5. The van der Waals surface area contributed by atoms with Gasteiger partial charge in [-0.2, -0.15) is 5.26 Å². The smallest absolute Gasteiger partial charge is 0.271 e. The van der Waals surface area contributed by atoms with Gasteiger partial charge in [0.1, 0.15) is 41.2 Å². The van der Waals surface area contributed by atoms with E-state index in [-0.39, 0.29) is 48.1 Å². The molecule has 296 valence electrons. The van der Waals surface area contributed by atoms with E-state index in [1.54, 1.807) is 48.8 Å². The van der Waals surface area contributed by atoms with Crippen molar-refractivity contribution in [3.8, 4) is 17.6 Å². The predicted molar refractivity (Wildman–Crippen MR) is 206 cm³/mol. The summed E-state index contributed by atoms with van der Waals surface area (Å²) in [6.45, 7) is 2.60. The average molecular weight is 795 g/mol. The quantitative estimate of drug-likeness (QED) is 0.237. The van der Waals surface area contributed by atoms with Crippen molar-refractivity contribution in [1.82, 2.24) is 30.8 Å². The second-order valence-corrected chi connectivity index (χ2v) is 15.9. The second kappa shape index (κ2) is 16.5. The summed E-state index contributed by atoms with van der Waals surface area (Å²) in [5.41, 5.74) is 1.15. The van der Waals surface area contributed by atoms with Crippen LogP contribution in [-0.2, 0) is 9.59 Å². The fourth-order valence-corrected chi connectivity index (χ4v) is 8.50. The molecule has 2 saturated heterocycles. The summed E-state index contributed by atoms with van der Waals surface area (Å²) in [6, 6.07) is 11.3. The Morgan fingerprint density at radius 1 is 0.860 bits per heavy atom. The summed E-state index contributed by atoms with van der Waals surface area (Å²) >= 11 is 6.14. The van der Waals surface area contributed by atoms with Gasteiger partial charge in [-0.25, -0.2) is 9.97 Å². The molecular formula is C41H43ClN8O7. The SMILES string of the molecule is N#Cc1ccc(OC2CCC(NC(=O)c3cnc(N4CCC(CNC5CC(Oc6ccc7c(c6)C(=O)N(C6CCC(=O)NC6=O)C7=O)C5)CC4)cn3)CC2)cc1Cl. The Hall–Kier alpha value is -5.59. The molecule has 3 N–H and O–H groups in total. The minimum Gasteiger partial charge on any atom is -0.490 e. The van der Waals surface area contributed by atoms with Crippen molar-refractivity contribution in [2.45, 2.75) is 94.5 Å². The topological polar surface area (TPSA) is 196 Å². The van der Waals surface area contributed by atoms with Crippen LogP contribution in [0.2, 0.25) is 5.02 Å². The lowest BCUT2D eigenvalue weighted by Crippen LogP contribution is -2.54. The zero-order valence-electron chi connectivity index (χ0n) is 31.2. The van der Waals surface area contributed by atoms with Crippen LogP contribution in [0.5, 0.6) is 11.5 Å². The van der Waals surface area contributed by atoms with Crippen molar-refractivity contribution in [3.63, 3.8) is 0 Å². The molecule has 5 aliphatic rings. The standard InChI is InChI=1S/C41H43ClN8O7/c42-33-18-29(4-1-24(33)19-43)56-27-5-2-25(3-6-27)47-38(52)34-21-46-36(22-45-34)49-13-11-23(12-14-49)20-44-26-15-30(16-26)57-28-7-8-31-32(17-28)41(55)50(40(31)54)35-9-10-37(51)48-39(35)53/h1,4,7-8,17-18,21-23,25-27,30,35,44H,2-3,5-6,9-16,20H2,(H,47,52)(H,48,51,53). The molecule has 15 nitrogen and oxygen atoms in total. The van der Waals surface area contributed by atoms with Crippen LogP contribution in [0.15, 0.2) is 48.8 Å². The Labute approximate surface area is 334 Å². The first-order chi connectivity index (χ1) is 27.6. The molecule has 3 aliphatic heterocycles. The van der Waals surface area contributed by atoms with E-state index in [4.69, 9.17) is 26.3 Å². The maximum Gasteiger partial charge on any atom is 0.271 e. The first-order valence-electron chi connectivity index (χ1n) is 19.6. The average Bonchev–Trinajstić information content (AvgIpc) is 3.44. The number of carbonyl (C=O) groups is 5. The van der Waals surface area contributed by atoms with Crippen LogP contribution < -0.4 is 30.3 Å². The number of piperidine rings is 2. The highest BCUT2D eigenvalue weighted by Gasteiger charge is 2.45. The largest absolute Gasteiger partial charge is 0.490 e. The number of nitrogens with zero attached hydrogens (tertiary/aromatic N) is 5. The van der Waals surface area contributed by atoms with E-state index in [1.807, 2.05) is 6.07 Å². The monoisotopic (exact) mass is 794 g/mol. The fourth-order valence-electron chi connectivity index (χ4n) is 8.28. The van der Waals surface area contributed by atoms with Crippen molar-refractivity contribution >= 4 is 47.0 Å². The number of hydrogen-bond donors (Lipinski definition) is 3. The van der Waals surface area contributed by atoms with Crippen molar-refractivity contribution in [2.75, 3.05) is 24.5 Å². The van der Waals surface area contributed by atoms with Gasteiger partial charge in [0, 0.05) is 37.7 Å². The summed E-state index contributed by atoms with van der Waals surface area (Å²) in [5, 5.41) is 18.4. The Morgan fingerprint density at radius 2 is 1.58 bits per heavy atom. The Kier molecular flexibility index (Phi) is 11.1. The van der Waals surface area contributed by atoms with Gasteiger partial charge in [0.2, 0.25) is 11.8 Å². The van der Waals surface area contributed by atoms with E-state index in [0.29, 0.717) is 39.7 Å². The number of benzene rings is 2. The molecule has 0 radical (unpaired) electrons. The highest BCUT2D eigenvalue weighted by molar-refractivity contribution is 6.31. The van der Waals surface area contributed by atoms with Crippen LogP contribution in [0, 0.1) is 17.2 Å². The number of carbonyl (C=O) groups excluding carboxylic acids is 5. The molecule has 2 aliphatic carbocycles. The number of imide groups is 2.